The predicted molar refractivity (Wildman–Crippen MR) is 86.9 cm³/mol. The molecule has 1 fully saturated rings. The molecule has 23 heavy (non-hydrogen) atoms. The van der Waals surface area contributed by atoms with Crippen molar-refractivity contribution in [2.45, 2.75) is 46.6 Å². The van der Waals surface area contributed by atoms with Crippen LogP contribution >= 0.6 is 0 Å². The summed E-state index contributed by atoms with van der Waals surface area (Å²) in [6.45, 7) is 12.1. The molecule has 0 bridgehead atoms. The number of hydrogen-bond donors (Lipinski definition) is 1. The maximum absolute atomic E-state index is 12.8. The van der Waals surface area contributed by atoms with Crippen LogP contribution in [0.15, 0.2) is 0 Å². The second-order valence-electron chi connectivity index (χ2n) is 5.83. The summed E-state index contributed by atoms with van der Waals surface area (Å²) in [5, 5.41) is 2.70. The molecule has 1 aliphatic heterocycles. The number of hydrogen-bond acceptors (Lipinski definition) is 5. The molecule has 0 saturated carbocycles. The van der Waals surface area contributed by atoms with E-state index in [-0.39, 0.29) is 12.5 Å². The van der Waals surface area contributed by atoms with Crippen LogP contribution in [0.1, 0.15) is 41.0 Å². The minimum absolute atomic E-state index is 0.249. The number of amides is 3. The highest BCUT2D eigenvalue weighted by Crippen LogP contribution is 2.29. The first-order valence-corrected chi connectivity index (χ1v) is 8.38. The summed E-state index contributed by atoms with van der Waals surface area (Å²) in [6.07, 6.45) is 0.422. The van der Waals surface area contributed by atoms with E-state index < -0.39 is 23.5 Å². The fraction of sp³-hybridized carbons (Fsp3) is 0.812. The van der Waals surface area contributed by atoms with E-state index in [1.54, 1.807) is 13.8 Å². The molecule has 0 aromatic carbocycles. The smallest absolute Gasteiger partial charge is 0.325 e. The summed E-state index contributed by atoms with van der Waals surface area (Å²) in [5.74, 6) is -1.48. The molecule has 1 N–H and O–H groups in total. The summed E-state index contributed by atoms with van der Waals surface area (Å²) < 4.78 is 5.06. The van der Waals surface area contributed by atoms with E-state index >= 15 is 0 Å². The zero-order valence-corrected chi connectivity index (χ0v) is 14.8. The lowest BCUT2D eigenvalue weighted by atomic mass is 9.83. The van der Waals surface area contributed by atoms with Gasteiger partial charge in [0.05, 0.1) is 12.5 Å². The van der Waals surface area contributed by atoms with Crippen LogP contribution in [0, 0.1) is 5.92 Å². The highest BCUT2D eigenvalue weighted by atomic mass is 16.5. The number of nitrogens with one attached hydrogen (secondary N) is 1. The second kappa shape index (κ2) is 8.29. The lowest BCUT2D eigenvalue weighted by molar-refractivity contribution is -0.154. The average Bonchev–Trinajstić information content (AvgIpc) is 2.72. The number of imide groups is 1. The Bertz CT molecular complexity index is 451. The molecule has 132 valence electrons. The van der Waals surface area contributed by atoms with Gasteiger partial charge in [-0.05, 0) is 33.4 Å². The standard InChI is InChI=1S/C16H29N3O4/c1-6-12(13(20)23-9-4)16(5)14(21)19(15(22)17-16)11-10-18(7-2)8-3/h12H,6-11H2,1-5H3,(H,17,22). The summed E-state index contributed by atoms with van der Waals surface area (Å²) in [5.41, 5.74) is -1.23. The quantitative estimate of drug-likeness (QED) is 0.509. The molecule has 1 rings (SSSR count). The number of likely N-dealkylation sites (N-methyl/N-ethyl adjacent to an activating group) is 1. The Labute approximate surface area is 138 Å². The molecule has 1 aliphatic rings. The van der Waals surface area contributed by atoms with Gasteiger partial charge < -0.3 is 15.0 Å². The van der Waals surface area contributed by atoms with Crippen molar-refractivity contribution in [2.24, 2.45) is 5.92 Å². The van der Waals surface area contributed by atoms with Gasteiger partial charge in [0.1, 0.15) is 5.54 Å². The molecule has 0 aromatic rings. The molecule has 2 atom stereocenters. The number of esters is 1. The van der Waals surface area contributed by atoms with E-state index in [0.29, 0.717) is 19.5 Å². The van der Waals surface area contributed by atoms with Gasteiger partial charge in [-0.3, -0.25) is 14.5 Å². The third-order valence-corrected chi connectivity index (χ3v) is 4.51. The number of carbonyl (C=O) groups excluding carboxylic acids is 3. The first-order chi connectivity index (χ1) is 10.8. The Morgan fingerprint density at radius 3 is 2.35 bits per heavy atom. The van der Waals surface area contributed by atoms with Gasteiger partial charge in [0.2, 0.25) is 0 Å². The van der Waals surface area contributed by atoms with Crippen molar-refractivity contribution in [3.8, 4) is 0 Å². The molecule has 0 aromatic heterocycles. The summed E-state index contributed by atoms with van der Waals surface area (Å²) >= 11 is 0. The Kier molecular flexibility index (Phi) is 7.00. The Hall–Kier alpha value is -1.63. The van der Waals surface area contributed by atoms with E-state index in [0.717, 1.165) is 13.1 Å². The third-order valence-electron chi connectivity index (χ3n) is 4.51. The number of nitrogens with zero attached hydrogens (tertiary/aromatic N) is 2. The first kappa shape index (κ1) is 19.4. The van der Waals surface area contributed by atoms with Gasteiger partial charge in [-0.15, -0.1) is 0 Å². The molecule has 0 radical (unpaired) electrons. The molecular weight excluding hydrogens is 298 g/mol. The van der Waals surface area contributed by atoms with Gasteiger partial charge in [0, 0.05) is 13.1 Å². The average molecular weight is 327 g/mol. The zero-order chi connectivity index (χ0) is 17.6. The lowest BCUT2D eigenvalue weighted by Crippen LogP contribution is -2.53. The molecule has 0 aliphatic carbocycles. The minimum atomic E-state index is -1.23. The van der Waals surface area contributed by atoms with Crippen molar-refractivity contribution in [3.63, 3.8) is 0 Å². The largest absolute Gasteiger partial charge is 0.466 e. The topological polar surface area (TPSA) is 79.0 Å². The predicted octanol–water partition coefficient (Wildman–Crippen LogP) is 1.23. The minimum Gasteiger partial charge on any atom is -0.466 e. The van der Waals surface area contributed by atoms with Crippen molar-refractivity contribution in [3.05, 3.63) is 0 Å². The molecule has 1 heterocycles. The third kappa shape index (κ3) is 4.02. The van der Waals surface area contributed by atoms with Crippen LogP contribution in [0.25, 0.3) is 0 Å². The van der Waals surface area contributed by atoms with E-state index in [4.69, 9.17) is 4.74 Å². The van der Waals surface area contributed by atoms with E-state index in [9.17, 15) is 14.4 Å². The number of rotatable bonds is 9. The zero-order valence-electron chi connectivity index (χ0n) is 14.8. The van der Waals surface area contributed by atoms with Crippen LogP contribution in [0.2, 0.25) is 0 Å². The molecular formula is C16H29N3O4. The Balaban J connectivity index is 2.88. The van der Waals surface area contributed by atoms with E-state index in [1.807, 2.05) is 20.8 Å². The highest BCUT2D eigenvalue weighted by Gasteiger charge is 2.54. The number of urea groups is 1. The maximum Gasteiger partial charge on any atom is 0.325 e. The summed E-state index contributed by atoms with van der Waals surface area (Å²) in [6, 6.07) is -0.438. The first-order valence-electron chi connectivity index (χ1n) is 8.38. The van der Waals surface area contributed by atoms with Gasteiger partial charge in [-0.1, -0.05) is 20.8 Å². The van der Waals surface area contributed by atoms with Crippen LogP contribution in [0.3, 0.4) is 0 Å². The van der Waals surface area contributed by atoms with Crippen LogP contribution in [0.5, 0.6) is 0 Å². The lowest BCUT2D eigenvalue weighted by Gasteiger charge is -2.29. The van der Waals surface area contributed by atoms with Crippen molar-refractivity contribution >= 4 is 17.9 Å². The van der Waals surface area contributed by atoms with Crippen molar-refractivity contribution in [1.82, 2.24) is 15.1 Å². The maximum atomic E-state index is 12.8. The van der Waals surface area contributed by atoms with Crippen LogP contribution in [-0.4, -0.2) is 66.0 Å². The van der Waals surface area contributed by atoms with Crippen LogP contribution in [0.4, 0.5) is 4.79 Å². The molecule has 1 saturated heterocycles. The van der Waals surface area contributed by atoms with Crippen molar-refractivity contribution < 1.29 is 19.1 Å². The molecule has 7 nitrogen and oxygen atoms in total. The Morgan fingerprint density at radius 1 is 1.26 bits per heavy atom. The number of ether oxygens (including phenoxy) is 1. The molecule has 7 heteroatoms. The number of carbonyl (C=O) groups is 3. The highest BCUT2D eigenvalue weighted by molar-refractivity contribution is 6.08. The van der Waals surface area contributed by atoms with Gasteiger partial charge in [0.15, 0.2) is 0 Å². The van der Waals surface area contributed by atoms with Crippen LogP contribution < -0.4 is 5.32 Å². The van der Waals surface area contributed by atoms with Crippen molar-refractivity contribution in [1.29, 1.82) is 0 Å². The normalized spacial score (nSPS) is 22.4. The van der Waals surface area contributed by atoms with Gasteiger partial charge in [-0.25, -0.2) is 4.79 Å². The fourth-order valence-electron chi connectivity index (χ4n) is 2.99. The monoisotopic (exact) mass is 327 g/mol. The van der Waals surface area contributed by atoms with Gasteiger partial charge in [0.25, 0.3) is 5.91 Å². The summed E-state index contributed by atoms with van der Waals surface area (Å²) in [7, 11) is 0. The van der Waals surface area contributed by atoms with E-state index in [2.05, 4.69) is 10.2 Å². The SMILES string of the molecule is CCOC(=O)C(CC)C1(C)NC(=O)N(CCN(CC)CC)C1=O. The fourth-order valence-corrected chi connectivity index (χ4v) is 2.99. The van der Waals surface area contributed by atoms with Gasteiger partial charge >= 0.3 is 12.0 Å². The summed E-state index contributed by atoms with van der Waals surface area (Å²) in [4.78, 5) is 40.4. The van der Waals surface area contributed by atoms with Gasteiger partial charge in [-0.2, -0.15) is 0 Å². The van der Waals surface area contributed by atoms with Crippen LogP contribution in [-0.2, 0) is 14.3 Å². The molecule has 3 amide bonds. The van der Waals surface area contributed by atoms with Crippen molar-refractivity contribution in [2.75, 3.05) is 32.8 Å². The molecule has 0 spiro atoms. The Morgan fingerprint density at radius 2 is 1.87 bits per heavy atom. The second-order valence-corrected chi connectivity index (χ2v) is 5.83. The molecule has 2 unspecified atom stereocenters. The van der Waals surface area contributed by atoms with E-state index in [1.165, 1.54) is 4.90 Å².